The van der Waals surface area contributed by atoms with Crippen molar-refractivity contribution in [1.82, 2.24) is 9.78 Å². The monoisotopic (exact) mass is 294 g/mol. The number of aromatic nitrogens is 2. The van der Waals surface area contributed by atoms with Crippen LogP contribution in [-0.4, -0.2) is 37.9 Å². The lowest BCUT2D eigenvalue weighted by Gasteiger charge is -2.24. The van der Waals surface area contributed by atoms with Crippen LogP contribution in [0.2, 0.25) is 0 Å². The Labute approximate surface area is 121 Å². The van der Waals surface area contributed by atoms with E-state index < -0.39 is 16.8 Å². The van der Waals surface area contributed by atoms with E-state index in [0.29, 0.717) is 24.5 Å². The van der Waals surface area contributed by atoms with Crippen LogP contribution in [0.3, 0.4) is 0 Å². The van der Waals surface area contributed by atoms with Crippen molar-refractivity contribution in [2.45, 2.75) is 51.7 Å². The zero-order valence-electron chi connectivity index (χ0n) is 12.0. The number of carbonyl (C=O) groups is 1. The molecule has 3 atom stereocenters. The normalized spacial score (nSPS) is 27.3. The minimum absolute atomic E-state index is 0.0137. The van der Waals surface area contributed by atoms with E-state index >= 15 is 0 Å². The predicted octanol–water partition coefficient (Wildman–Crippen LogP) is 1.56. The molecule has 2 saturated heterocycles. The van der Waals surface area contributed by atoms with Crippen molar-refractivity contribution >= 4 is 17.5 Å². The number of nitro groups is 1. The van der Waals surface area contributed by atoms with Gasteiger partial charge in [0.1, 0.15) is 5.69 Å². The smallest absolute Gasteiger partial charge is 0.333 e. The largest absolute Gasteiger partial charge is 0.481 e. The second-order valence-electron chi connectivity index (χ2n) is 5.72. The molecule has 1 aromatic heterocycles. The van der Waals surface area contributed by atoms with E-state index in [1.54, 1.807) is 11.6 Å². The zero-order valence-corrected chi connectivity index (χ0v) is 12.0. The van der Waals surface area contributed by atoms with Gasteiger partial charge in [-0.25, -0.2) is 4.68 Å². The maximum atomic E-state index is 11.4. The molecule has 0 amide bonds. The van der Waals surface area contributed by atoms with Crippen molar-refractivity contribution in [1.29, 1.82) is 0 Å². The third-order valence-electron chi connectivity index (χ3n) is 4.65. The number of aryl methyl sites for hydroxylation is 2. The van der Waals surface area contributed by atoms with Crippen molar-refractivity contribution in [2.24, 2.45) is 5.92 Å². The van der Waals surface area contributed by atoms with Crippen LogP contribution in [0.4, 0.5) is 11.5 Å². The summed E-state index contributed by atoms with van der Waals surface area (Å²) in [7, 11) is 0. The maximum Gasteiger partial charge on any atom is 0.333 e. The number of aliphatic carboxylic acids is 1. The molecule has 0 saturated carbocycles. The van der Waals surface area contributed by atoms with Gasteiger partial charge in [0, 0.05) is 18.6 Å². The summed E-state index contributed by atoms with van der Waals surface area (Å²) < 4.78 is 1.63. The van der Waals surface area contributed by atoms with E-state index in [4.69, 9.17) is 0 Å². The lowest BCUT2D eigenvalue weighted by atomic mass is 9.89. The Morgan fingerprint density at radius 2 is 2.24 bits per heavy atom. The van der Waals surface area contributed by atoms with Gasteiger partial charge in [-0.15, -0.1) is 0 Å². The standard InChI is InChI=1S/C13H18N4O4/c1-3-15-12(11(17(20)21)7(2)14-15)16-8-4-5-10(16)9(6-8)13(18)19/h8-10H,3-6H2,1-2H3,(H,18,19). The number of anilines is 1. The fourth-order valence-electron chi connectivity index (χ4n) is 3.83. The molecule has 114 valence electrons. The van der Waals surface area contributed by atoms with Crippen LogP contribution in [0, 0.1) is 23.0 Å². The summed E-state index contributed by atoms with van der Waals surface area (Å²) in [5.74, 6) is -0.769. The second kappa shape index (κ2) is 4.71. The Morgan fingerprint density at radius 1 is 1.52 bits per heavy atom. The summed E-state index contributed by atoms with van der Waals surface area (Å²) in [6, 6.07) is -0.0937. The lowest BCUT2D eigenvalue weighted by molar-refractivity contribution is -0.384. The molecule has 0 aliphatic carbocycles. The quantitative estimate of drug-likeness (QED) is 0.668. The molecule has 1 N–H and O–H groups in total. The highest BCUT2D eigenvalue weighted by atomic mass is 16.6. The third-order valence-corrected chi connectivity index (χ3v) is 4.65. The van der Waals surface area contributed by atoms with E-state index in [9.17, 15) is 20.0 Å². The Balaban J connectivity index is 2.09. The third kappa shape index (κ3) is 1.89. The molecule has 21 heavy (non-hydrogen) atoms. The van der Waals surface area contributed by atoms with Gasteiger partial charge in [0.25, 0.3) is 0 Å². The maximum absolute atomic E-state index is 11.4. The summed E-state index contributed by atoms with van der Waals surface area (Å²) in [6.07, 6.45) is 2.22. The fourth-order valence-corrected chi connectivity index (χ4v) is 3.83. The molecule has 3 unspecified atom stereocenters. The van der Waals surface area contributed by atoms with Crippen molar-refractivity contribution in [3.05, 3.63) is 15.8 Å². The molecule has 2 bridgehead atoms. The number of rotatable bonds is 4. The first-order chi connectivity index (χ1) is 9.95. The molecule has 0 radical (unpaired) electrons. The first kappa shape index (κ1) is 13.8. The van der Waals surface area contributed by atoms with E-state index in [2.05, 4.69) is 5.10 Å². The van der Waals surface area contributed by atoms with E-state index in [1.807, 2.05) is 11.8 Å². The molecule has 2 aliphatic rings. The van der Waals surface area contributed by atoms with Crippen LogP contribution in [0.1, 0.15) is 31.9 Å². The minimum atomic E-state index is -0.811. The number of hydrogen-bond donors (Lipinski definition) is 1. The molecular weight excluding hydrogens is 276 g/mol. The van der Waals surface area contributed by atoms with Crippen LogP contribution in [0.25, 0.3) is 0 Å². The van der Waals surface area contributed by atoms with Gasteiger partial charge in [-0.05, 0) is 33.1 Å². The minimum Gasteiger partial charge on any atom is -0.481 e. The van der Waals surface area contributed by atoms with Gasteiger partial charge in [0.05, 0.1) is 10.8 Å². The van der Waals surface area contributed by atoms with Gasteiger partial charge in [0.2, 0.25) is 5.82 Å². The topological polar surface area (TPSA) is 101 Å². The van der Waals surface area contributed by atoms with Crippen LogP contribution >= 0.6 is 0 Å². The number of nitrogens with zero attached hydrogens (tertiary/aromatic N) is 4. The number of carboxylic acids is 1. The fraction of sp³-hybridized carbons (Fsp3) is 0.692. The highest BCUT2D eigenvalue weighted by molar-refractivity contribution is 5.75. The summed E-state index contributed by atoms with van der Waals surface area (Å²) in [6.45, 7) is 4.03. The predicted molar refractivity (Wildman–Crippen MR) is 74.3 cm³/mol. The van der Waals surface area contributed by atoms with Gasteiger partial charge in [-0.2, -0.15) is 5.10 Å². The number of hydrogen-bond acceptors (Lipinski definition) is 5. The number of carboxylic acid groups (broad SMARTS) is 1. The molecule has 0 spiro atoms. The van der Waals surface area contributed by atoms with Gasteiger partial charge in [-0.1, -0.05) is 0 Å². The first-order valence-electron chi connectivity index (χ1n) is 7.18. The van der Waals surface area contributed by atoms with Gasteiger partial charge in [0.15, 0.2) is 0 Å². The zero-order chi connectivity index (χ0) is 15.3. The Bertz CT molecular complexity index is 612. The molecule has 2 fully saturated rings. The Morgan fingerprint density at radius 3 is 2.76 bits per heavy atom. The highest BCUT2D eigenvalue weighted by Crippen LogP contribution is 2.47. The molecule has 2 aliphatic heterocycles. The first-order valence-corrected chi connectivity index (χ1v) is 7.18. The summed E-state index contributed by atoms with van der Waals surface area (Å²) in [5.41, 5.74) is 0.398. The Hall–Kier alpha value is -2.12. The molecule has 8 nitrogen and oxygen atoms in total. The molecule has 0 aromatic carbocycles. The van der Waals surface area contributed by atoms with Crippen LogP contribution in [-0.2, 0) is 11.3 Å². The summed E-state index contributed by atoms with van der Waals surface area (Å²) in [5, 5.41) is 25.0. The average Bonchev–Trinajstić information content (AvgIpc) is 3.07. The highest BCUT2D eigenvalue weighted by Gasteiger charge is 2.52. The summed E-state index contributed by atoms with van der Waals surface area (Å²) >= 11 is 0. The van der Waals surface area contributed by atoms with E-state index in [-0.39, 0.29) is 17.8 Å². The SMILES string of the molecule is CCn1nc(C)c([N+](=O)[O-])c1N1C2CCC1C(C(=O)O)C2. The van der Waals surface area contributed by atoms with Crippen molar-refractivity contribution in [2.75, 3.05) is 4.90 Å². The molecular formula is C13H18N4O4. The van der Waals surface area contributed by atoms with Gasteiger partial charge >= 0.3 is 11.7 Å². The molecule has 3 rings (SSSR count). The van der Waals surface area contributed by atoms with Crippen LogP contribution in [0.15, 0.2) is 0 Å². The van der Waals surface area contributed by atoms with Crippen LogP contribution < -0.4 is 4.90 Å². The summed E-state index contributed by atoms with van der Waals surface area (Å²) in [4.78, 5) is 24.3. The van der Waals surface area contributed by atoms with Crippen molar-refractivity contribution in [3.63, 3.8) is 0 Å². The Kier molecular flexibility index (Phi) is 3.11. The van der Waals surface area contributed by atoms with E-state index in [0.717, 1.165) is 12.8 Å². The van der Waals surface area contributed by atoms with Crippen molar-refractivity contribution < 1.29 is 14.8 Å². The van der Waals surface area contributed by atoms with Crippen molar-refractivity contribution in [3.8, 4) is 0 Å². The molecule has 8 heteroatoms. The van der Waals surface area contributed by atoms with Gasteiger partial charge in [-0.3, -0.25) is 14.9 Å². The lowest BCUT2D eigenvalue weighted by Crippen LogP contribution is -2.34. The van der Waals surface area contributed by atoms with Crippen LogP contribution in [0.5, 0.6) is 0 Å². The second-order valence-corrected chi connectivity index (χ2v) is 5.72. The average molecular weight is 294 g/mol. The number of fused-ring (bicyclic) bond motifs is 2. The molecule has 1 aromatic rings. The van der Waals surface area contributed by atoms with E-state index in [1.165, 1.54) is 0 Å². The molecule has 3 heterocycles. The van der Waals surface area contributed by atoms with Gasteiger partial charge < -0.3 is 10.0 Å².